The first-order valence-electron chi connectivity index (χ1n) is 10.4. The second kappa shape index (κ2) is 8.38. The molecular formula is C23H27BrN4O2. The molecule has 158 valence electrons. The molecule has 0 aliphatic carbocycles. The first kappa shape index (κ1) is 20.8. The molecule has 0 atom stereocenters. The van der Waals surface area contributed by atoms with Crippen LogP contribution in [-0.2, 0) is 11.2 Å². The van der Waals surface area contributed by atoms with Crippen molar-refractivity contribution in [2.24, 2.45) is 5.92 Å². The van der Waals surface area contributed by atoms with Gasteiger partial charge in [-0.25, -0.2) is 14.8 Å². The Morgan fingerprint density at radius 1 is 1.20 bits per heavy atom. The number of hydrogen-bond donors (Lipinski definition) is 0. The molecule has 1 saturated heterocycles. The van der Waals surface area contributed by atoms with Crippen molar-refractivity contribution in [3.63, 3.8) is 0 Å². The van der Waals surface area contributed by atoms with Crippen LogP contribution in [0.3, 0.4) is 0 Å². The molecule has 0 radical (unpaired) electrons. The molecule has 4 rings (SSSR count). The summed E-state index contributed by atoms with van der Waals surface area (Å²) in [6.07, 6.45) is 4.61. The molecule has 1 amide bonds. The molecule has 3 heterocycles. The number of hydrogen-bond acceptors (Lipinski definition) is 4. The third-order valence-electron chi connectivity index (χ3n) is 5.34. The van der Waals surface area contributed by atoms with Crippen LogP contribution >= 0.6 is 15.9 Å². The molecule has 6 nitrogen and oxygen atoms in total. The Balaban J connectivity index is 1.42. The summed E-state index contributed by atoms with van der Waals surface area (Å²) in [6.45, 7) is 7.22. The van der Waals surface area contributed by atoms with Gasteiger partial charge in [0.15, 0.2) is 5.65 Å². The first-order chi connectivity index (χ1) is 14.3. The number of fused-ring (bicyclic) bond motifs is 1. The second-order valence-corrected chi connectivity index (χ2v) is 9.69. The van der Waals surface area contributed by atoms with Crippen molar-refractivity contribution in [2.75, 3.05) is 13.1 Å². The summed E-state index contributed by atoms with van der Waals surface area (Å²) in [4.78, 5) is 23.1. The zero-order chi connectivity index (χ0) is 21.3. The molecule has 0 N–H and O–H groups in total. The summed E-state index contributed by atoms with van der Waals surface area (Å²) < 4.78 is 8.32. The van der Waals surface area contributed by atoms with Gasteiger partial charge in [-0.1, -0.05) is 12.1 Å². The van der Waals surface area contributed by atoms with Crippen LogP contribution in [0.2, 0.25) is 0 Å². The van der Waals surface area contributed by atoms with Crippen LogP contribution in [0.1, 0.15) is 39.2 Å². The van der Waals surface area contributed by atoms with Gasteiger partial charge < -0.3 is 9.64 Å². The van der Waals surface area contributed by atoms with Gasteiger partial charge in [-0.15, -0.1) is 0 Å². The minimum absolute atomic E-state index is 0.200. The number of benzene rings is 1. The van der Waals surface area contributed by atoms with E-state index in [1.807, 2.05) is 48.7 Å². The molecule has 0 bridgehead atoms. The van der Waals surface area contributed by atoms with E-state index in [4.69, 9.17) is 4.74 Å². The quantitative estimate of drug-likeness (QED) is 0.482. The Bertz CT molecular complexity index is 1050. The van der Waals surface area contributed by atoms with Gasteiger partial charge in [0.2, 0.25) is 0 Å². The number of imidazole rings is 1. The van der Waals surface area contributed by atoms with E-state index in [1.54, 1.807) is 0 Å². The molecule has 1 aliphatic rings. The number of halogens is 1. The summed E-state index contributed by atoms with van der Waals surface area (Å²) in [5, 5.41) is 0. The van der Waals surface area contributed by atoms with E-state index in [1.165, 1.54) is 5.56 Å². The van der Waals surface area contributed by atoms with Crippen molar-refractivity contribution in [2.45, 2.75) is 45.6 Å². The predicted molar refractivity (Wildman–Crippen MR) is 121 cm³/mol. The van der Waals surface area contributed by atoms with Crippen LogP contribution in [0, 0.1) is 5.92 Å². The summed E-state index contributed by atoms with van der Waals surface area (Å²) in [5.74, 6) is 0.561. The third kappa shape index (κ3) is 4.83. The van der Waals surface area contributed by atoms with Crippen molar-refractivity contribution in [1.29, 1.82) is 0 Å². The Morgan fingerprint density at radius 2 is 1.97 bits per heavy atom. The Kier molecular flexibility index (Phi) is 5.82. The van der Waals surface area contributed by atoms with E-state index in [0.717, 1.165) is 53.8 Å². The molecule has 2 aromatic heterocycles. The van der Waals surface area contributed by atoms with E-state index in [2.05, 4.69) is 50.2 Å². The lowest BCUT2D eigenvalue weighted by Gasteiger charge is -2.33. The molecule has 30 heavy (non-hydrogen) atoms. The number of aromatic nitrogens is 3. The largest absolute Gasteiger partial charge is 0.444 e. The number of rotatable bonds is 3. The lowest BCUT2D eigenvalue weighted by molar-refractivity contribution is 0.0184. The predicted octanol–water partition coefficient (Wildman–Crippen LogP) is 5.37. The fourth-order valence-electron chi connectivity index (χ4n) is 3.87. The van der Waals surface area contributed by atoms with Crippen molar-refractivity contribution in [3.8, 4) is 5.69 Å². The van der Waals surface area contributed by atoms with Gasteiger partial charge >= 0.3 is 6.09 Å². The smallest absolute Gasteiger partial charge is 0.410 e. The van der Waals surface area contributed by atoms with Gasteiger partial charge in [-0.2, -0.15) is 0 Å². The van der Waals surface area contributed by atoms with Crippen molar-refractivity contribution >= 4 is 33.2 Å². The van der Waals surface area contributed by atoms with E-state index < -0.39 is 5.60 Å². The van der Waals surface area contributed by atoms with Gasteiger partial charge in [0, 0.05) is 18.8 Å². The fraction of sp³-hybridized carbons (Fsp3) is 0.435. The highest BCUT2D eigenvalue weighted by Crippen LogP contribution is 2.25. The fourth-order valence-corrected chi connectivity index (χ4v) is 4.17. The first-order valence-corrected chi connectivity index (χ1v) is 11.1. The standard InChI is InChI=1S/C23H27BrN4O2/c1-23(2,3)30-22(29)27-11-9-16(10-12-27)13-17-5-4-6-18(14-17)28-15-25-19-7-8-20(24)26-21(19)28/h4-8,14-16H,9-13H2,1-3H3. The maximum Gasteiger partial charge on any atom is 0.410 e. The summed E-state index contributed by atoms with van der Waals surface area (Å²) in [5.41, 5.74) is 3.62. The second-order valence-electron chi connectivity index (χ2n) is 8.88. The third-order valence-corrected chi connectivity index (χ3v) is 5.78. The highest BCUT2D eigenvalue weighted by atomic mass is 79.9. The van der Waals surface area contributed by atoms with Gasteiger partial charge in [0.25, 0.3) is 0 Å². The molecule has 1 aromatic carbocycles. The number of likely N-dealkylation sites (tertiary alicyclic amines) is 1. The van der Waals surface area contributed by atoms with Crippen molar-refractivity contribution in [1.82, 2.24) is 19.4 Å². The van der Waals surface area contributed by atoms with E-state index in [-0.39, 0.29) is 6.09 Å². The highest BCUT2D eigenvalue weighted by Gasteiger charge is 2.27. The minimum atomic E-state index is -0.448. The van der Waals surface area contributed by atoms with Gasteiger partial charge in [0.1, 0.15) is 22.0 Å². The van der Waals surface area contributed by atoms with Crippen LogP contribution in [0.15, 0.2) is 47.3 Å². The minimum Gasteiger partial charge on any atom is -0.444 e. The maximum atomic E-state index is 12.3. The van der Waals surface area contributed by atoms with E-state index in [9.17, 15) is 4.79 Å². The lowest BCUT2D eigenvalue weighted by atomic mass is 9.90. The molecule has 0 saturated carbocycles. The molecular weight excluding hydrogens is 444 g/mol. The molecule has 1 aliphatic heterocycles. The number of pyridine rings is 1. The zero-order valence-corrected chi connectivity index (χ0v) is 19.2. The Labute approximate surface area is 185 Å². The number of piperidine rings is 1. The number of carbonyl (C=O) groups is 1. The molecule has 0 spiro atoms. The zero-order valence-electron chi connectivity index (χ0n) is 17.6. The summed E-state index contributed by atoms with van der Waals surface area (Å²) in [7, 11) is 0. The number of ether oxygens (including phenoxy) is 1. The van der Waals surface area contributed by atoms with Crippen LogP contribution in [0.5, 0.6) is 0 Å². The number of carbonyl (C=O) groups excluding carboxylic acids is 1. The lowest BCUT2D eigenvalue weighted by Crippen LogP contribution is -2.42. The van der Waals surface area contributed by atoms with Gasteiger partial charge in [-0.05, 0) is 91.7 Å². The van der Waals surface area contributed by atoms with Crippen LogP contribution in [-0.4, -0.2) is 44.2 Å². The average Bonchev–Trinajstić information content (AvgIpc) is 3.10. The van der Waals surface area contributed by atoms with Crippen molar-refractivity contribution in [3.05, 3.63) is 52.9 Å². The molecule has 7 heteroatoms. The number of amides is 1. The van der Waals surface area contributed by atoms with Crippen LogP contribution < -0.4 is 0 Å². The average molecular weight is 471 g/mol. The normalized spacial score (nSPS) is 15.5. The summed E-state index contributed by atoms with van der Waals surface area (Å²) in [6, 6.07) is 12.4. The van der Waals surface area contributed by atoms with E-state index in [0.29, 0.717) is 5.92 Å². The van der Waals surface area contributed by atoms with E-state index >= 15 is 0 Å². The molecule has 0 unspecified atom stereocenters. The van der Waals surface area contributed by atoms with Gasteiger partial charge in [0.05, 0.1) is 0 Å². The Morgan fingerprint density at radius 3 is 2.70 bits per heavy atom. The maximum absolute atomic E-state index is 12.3. The van der Waals surface area contributed by atoms with Crippen LogP contribution in [0.4, 0.5) is 4.79 Å². The Hall–Kier alpha value is -2.41. The monoisotopic (exact) mass is 470 g/mol. The molecule has 1 fully saturated rings. The van der Waals surface area contributed by atoms with Crippen LogP contribution in [0.25, 0.3) is 16.9 Å². The van der Waals surface area contributed by atoms with Gasteiger partial charge in [-0.3, -0.25) is 4.57 Å². The molecule has 3 aromatic rings. The topological polar surface area (TPSA) is 60.2 Å². The highest BCUT2D eigenvalue weighted by molar-refractivity contribution is 9.10. The number of nitrogens with zero attached hydrogens (tertiary/aromatic N) is 4. The SMILES string of the molecule is CC(C)(C)OC(=O)N1CCC(Cc2cccc(-n3cnc4ccc(Br)nc43)c2)CC1. The summed E-state index contributed by atoms with van der Waals surface area (Å²) >= 11 is 3.45. The van der Waals surface area contributed by atoms with Crippen molar-refractivity contribution < 1.29 is 9.53 Å².